The van der Waals surface area contributed by atoms with E-state index in [0.29, 0.717) is 23.8 Å². The Kier molecular flexibility index (Phi) is 5.12. The number of aromatic carboxylic acids is 1. The minimum atomic E-state index is -1.04. The number of hydrogen-bond donors (Lipinski definition) is 2. The molecule has 3 rings (SSSR count). The summed E-state index contributed by atoms with van der Waals surface area (Å²) in [4.78, 5) is 20.0. The largest absolute Gasteiger partial charge is 0.496 e. The number of ether oxygens (including phenoxy) is 1. The molecule has 0 spiro atoms. The number of carbonyl (C=O) groups is 1. The number of rotatable bonds is 6. The maximum Gasteiger partial charge on any atom is 0.339 e. The van der Waals surface area contributed by atoms with Crippen molar-refractivity contribution in [1.29, 1.82) is 0 Å². The molecule has 0 fully saturated rings. The summed E-state index contributed by atoms with van der Waals surface area (Å²) in [6.07, 6.45) is 3.33. The van der Waals surface area contributed by atoms with Crippen molar-refractivity contribution < 1.29 is 14.6 Å². The molecule has 1 aromatic heterocycles. The average molecular weight is 349 g/mol. The molecule has 0 aliphatic rings. The molecule has 0 saturated heterocycles. The van der Waals surface area contributed by atoms with Crippen molar-refractivity contribution in [1.82, 2.24) is 9.97 Å². The van der Waals surface area contributed by atoms with Crippen LogP contribution < -0.4 is 10.1 Å². The number of nitrogens with zero attached hydrogens (tertiary/aromatic N) is 2. The minimum absolute atomic E-state index is 0.103. The molecular formula is C20H19N3O3. The zero-order valence-corrected chi connectivity index (χ0v) is 14.6. The number of benzene rings is 2. The van der Waals surface area contributed by atoms with Crippen LogP contribution in [0.5, 0.6) is 5.75 Å². The molecule has 0 aliphatic heterocycles. The molecule has 0 saturated carbocycles. The molecule has 0 bridgehead atoms. The first-order valence-electron chi connectivity index (χ1n) is 8.10. The van der Waals surface area contributed by atoms with E-state index >= 15 is 0 Å². The van der Waals surface area contributed by atoms with Crippen LogP contribution in [0.15, 0.2) is 54.9 Å². The Bertz CT molecular complexity index is 924. The molecule has 6 nitrogen and oxygen atoms in total. The molecule has 2 N–H and O–H groups in total. The van der Waals surface area contributed by atoms with Crippen LogP contribution in [0.25, 0.3) is 11.1 Å². The van der Waals surface area contributed by atoms with Gasteiger partial charge >= 0.3 is 5.97 Å². The van der Waals surface area contributed by atoms with Gasteiger partial charge in [-0.05, 0) is 30.2 Å². The van der Waals surface area contributed by atoms with E-state index in [1.54, 1.807) is 30.6 Å². The quantitative estimate of drug-likeness (QED) is 0.705. The highest BCUT2D eigenvalue weighted by Crippen LogP contribution is 2.26. The van der Waals surface area contributed by atoms with E-state index < -0.39 is 5.97 Å². The van der Waals surface area contributed by atoms with E-state index in [4.69, 9.17) is 4.74 Å². The number of aromatic nitrogens is 2. The predicted octanol–water partition coefficient (Wildman–Crippen LogP) is 3.77. The van der Waals surface area contributed by atoms with Crippen LogP contribution in [-0.2, 0) is 6.54 Å². The molecule has 0 amide bonds. The Morgan fingerprint density at radius 2 is 1.88 bits per heavy atom. The van der Waals surface area contributed by atoms with Gasteiger partial charge in [0, 0.05) is 24.5 Å². The summed E-state index contributed by atoms with van der Waals surface area (Å²) in [7, 11) is 1.44. The number of methoxy groups -OCH3 is 1. The fraction of sp³-hybridized carbons (Fsp3) is 0.150. The SMILES string of the molecule is COc1ccc(-c2cnc(NCc3cccc(C)c3)nc2)cc1C(=O)O. The highest BCUT2D eigenvalue weighted by atomic mass is 16.5. The lowest BCUT2D eigenvalue weighted by Gasteiger charge is -2.09. The van der Waals surface area contributed by atoms with Crippen LogP contribution in [0, 0.1) is 6.92 Å². The number of nitrogens with one attached hydrogen (secondary N) is 1. The third kappa shape index (κ3) is 3.97. The Balaban J connectivity index is 1.75. The van der Waals surface area contributed by atoms with Crippen molar-refractivity contribution in [2.24, 2.45) is 0 Å². The van der Waals surface area contributed by atoms with E-state index in [0.717, 1.165) is 11.1 Å². The van der Waals surface area contributed by atoms with Gasteiger partial charge in [-0.25, -0.2) is 14.8 Å². The van der Waals surface area contributed by atoms with Crippen molar-refractivity contribution >= 4 is 11.9 Å². The summed E-state index contributed by atoms with van der Waals surface area (Å²) < 4.78 is 5.08. The third-order valence-corrected chi connectivity index (χ3v) is 3.95. The summed E-state index contributed by atoms with van der Waals surface area (Å²) in [5.41, 5.74) is 3.91. The van der Waals surface area contributed by atoms with Gasteiger partial charge in [-0.3, -0.25) is 0 Å². The van der Waals surface area contributed by atoms with Crippen LogP contribution in [0.1, 0.15) is 21.5 Å². The minimum Gasteiger partial charge on any atom is -0.496 e. The topological polar surface area (TPSA) is 84.3 Å². The van der Waals surface area contributed by atoms with Gasteiger partial charge in [0.25, 0.3) is 0 Å². The van der Waals surface area contributed by atoms with Gasteiger partial charge in [-0.15, -0.1) is 0 Å². The van der Waals surface area contributed by atoms with Crippen molar-refractivity contribution in [3.63, 3.8) is 0 Å². The smallest absolute Gasteiger partial charge is 0.339 e. The summed E-state index contributed by atoms with van der Waals surface area (Å²) in [5, 5.41) is 12.5. The highest BCUT2D eigenvalue weighted by molar-refractivity contribution is 5.92. The lowest BCUT2D eigenvalue weighted by molar-refractivity contribution is 0.0693. The Labute approximate surface area is 151 Å². The summed E-state index contributed by atoms with van der Waals surface area (Å²) >= 11 is 0. The Morgan fingerprint density at radius 1 is 1.12 bits per heavy atom. The van der Waals surface area contributed by atoms with Crippen molar-refractivity contribution in [2.45, 2.75) is 13.5 Å². The number of carboxylic acids is 1. The summed E-state index contributed by atoms with van der Waals surface area (Å²) in [6, 6.07) is 13.2. The molecule has 0 aliphatic carbocycles. The lowest BCUT2D eigenvalue weighted by atomic mass is 10.1. The molecule has 0 atom stereocenters. The van der Waals surface area contributed by atoms with E-state index in [-0.39, 0.29) is 5.56 Å². The second-order valence-corrected chi connectivity index (χ2v) is 5.86. The zero-order valence-electron chi connectivity index (χ0n) is 14.6. The summed E-state index contributed by atoms with van der Waals surface area (Å²) in [5.74, 6) is -0.207. The fourth-order valence-corrected chi connectivity index (χ4v) is 2.63. The van der Waals surface area contributed by atoms with Gasteiger partial charge in [0.05, 0.1) is 7.11 Å². The van der Waals surface area contributed by atoms with Gasteiger partial charge in [-0.2, -0.15) is 0 Å². The molecular weight excluding hydrogens is 330 g/mol. The molecule has 0 unspecified atom stereocenters. The highest BCUT2D eigenvalue weighted by Gasteiger charge is 2.12. The van der Waals surface area contributed by atoms with Crippen molar-refractivity contribution in [2.75, 3.05) is 12.4 Å². The molecule has 6 heteroatoms. The zero-order chi connectivity index (χ0) is 18.5. The van der Waals surface area contributed by atoms with E-state index in [2.05, 4.69) is 34.3 Å². The van der Waals surface area contributed by atoms with Gasteiger partial charge in [0.2, 0.25) is 5.95 Å². The lowest BCUT2D eigenvalue weighted by Crippen LogP contribution is -2.04. The Hall–Kier alpha value is -3.41. The maximum absolute atomic E-state index is 11.3. The van der Waals surface area contributed by atoms with E-state index in [1.165, 1.54) is 12.7 Å². The molecule has 3 aromatic rings. The third-order valence-electron chi connectivity index (χ3n) is 3.95. The van der Waals surface area contributed by atoms with E-state index in [9.17, 15) is 9.90 Å². The number of anilines is 1. The maximum atomic E-state index is 11.3. The van der Waals surface area contributed by atoms with E-state index in [1.807, 2.05) is 12.1 Å². The standard InChI is InChI=1S/C20H19N3O3/c1-13-4-3-5-14(8-13)10-21-20-22-11-16(12-23-20)15-6-7-18(26-2)17(9-15)19(24)25/h3-9,11-12H,10H2,1-2H3,(H,24,25)(H,21,22,23). The fourth-order valence-electron chi connectivity index (χ4n) is 2.63. The van der Waals surface area contributed by atoms with Gasteiger partial charge in [-0.1, -0.05) is 35.9 Å². The molecule has 2 aromatic carbocycles. The molecule has 132 valence electrons. The Morgan fingerprint density at radius 3 is 2.54 bits per heavy atom. The van der Waals surface area contributed by atoms with Gasteiger partial charge in [0.1, 0.15) is 11.3 Å². The van der Waals surface area contributed by atoms with Crippen molar-refractivity contribution in [3.05, 3.63) is 71.5 Å². The number of hydrogen-bond acceptors (Lipinski definition) is 5. The first kappa shape index (κ1) is 17.4. The number of aryl methyl sites for hydroxylation is 1. The monoisotopic (exact) mass is 349 g/mol. The van der Waals surface area contributed by atoms with Crippen LogP contribution in [-0.4, -0.2) is 28.2 Å². The van der Waals surface area contributed by atoms with Crippen LogP contribution in [0.4, 0.5) is 5.95 Å². The first-order valence-corrected chi connectivity index (χ1v) is 8.10. The second-order valence-electron chi connectivity index (χ2n) is 5.86. The normalized spacial score (nSPS) is 10.4. The number of carboxylic acid groups (broad SMARTS) is 1. The van der Waals surface area contributed by atoms with Gasteiger partial charge < -0.3 is 15.2 Å². The van der Waals surface area contributed by atoms with Crippen LogP contribution >= 0.6 is 0 Å². The predicted molar refractivity (Wildman–Crippen MR) is 99.5 cm³/mol. The average Bonchev–Trinajstić information content (AvgIpc) is 2.66. The van der Waals surface area contributed by atoms with Crippen LogP contribution in [0.3, 0.4) is 0 Å². The molecule has 1 heterocycles. The van der Waals surface area contributed by atoms with Gasteiger partial charge in [0.15, 0.2) is 0 Å². The summed E-state index contributed by atoms with van der Waals surface area (Å²) in [6.45, 7) is 2.68. The first-order chi connectivity index (χ1) is 12.6. The van der Waals surface area contributed by atoms with Crippen molar-refractivity contribution in [3.8, 4) is 16.9 Å². The second kappa shape index (κ2) is 7.65. The van der Waals surface area contributed by atoms with Crippen LogP contribution in [0.2, 0.25) is 0 Å². The molecule has 0 radical (unpaired) electrons. The molecule has 26 heavy (non-hydrogen) atoms.